The number of nitrogens with one attached hydrogen (secondary N) is 1. The van der Waals surface area contributed by atoms with E-state index < -0.39 is 53.1 Å². The second-order valence-electron chi connectivity index (χ2n) is 6.56. The molecule has 0 saturated heterocycles. The van der Waals surface area contributed by atoms with Gasteiger partial charge in [0.05, 0.1) is 39.9 Å². The van der Waals surface area contributed by atoms with Crippen LogP contribution in [0.3, 0.4) is 0 Å². The Morgan fingerprint density at radius 3 is 2.20 bits per heavy atom. The molecular weight excluding hydrogens is 477 g/mol. The number of amides is 1. The summed E-state index contributed by atoms with van der Waals surface area (Å²) in [5.41, 5.74) is -0.177. The maximum atomic E-state index is 14.0. The van der Waals surface area contributed by atoms with Crippen LogP contribution >= 0.6 is 15.9 Å². The Hall–Kier alpha value is -2.76. The normalized spacial score (nSPS) is 12.3. The molecule has 3 rings (SSSR count). The number of nitrogens with zero attached hydrogens (tertiary/aromatic N) is 4. The van der Waals surface area contributed by atoms with Crippen LogP contribution in [0, 0.1) is 42.9 Å². The summed E-state index contributed by atoms with van der Waals surface area (Å²) >= 11 is 3.23. The molecule has 1 unspecified atom stereocenters. The lowest BCUT2D eigenvalue weighted by Crippen LogP contribution is -2.24. The second kappa shape index (κ2) is 8.17. The minimum Gasteiger partial charge on any atom is -0.321 e. The first kappa shape index (κ1) is 21.9. The molecule has 1 atom stereocenters. The molecule has 0 spiro atoms. The highest BCUT2D eigenvalue weighted by atomic mass is 79.9. The van der Waals surface area contributed by atoms with Crippen LogP contribution in [0.15, 0.2) is 16.9 Å². The van der Waals surface area contributed by atoms with Crippen molar-refractivity contribution in [1.29, 1.82) is 0 Å². The summed E-state index contributed by atoms with van der Waals surface area (Å²) in [6.45, 7) is 3.93. The molecule has 0 aliphatic rings. The van der Waals surface area contributed by atoms with E-state index in [1.165, 1.54) is 24.7 Å². The maximum absolute atomic E-state index is 14.0. The number of halogens is 6. The fourth-order valence-corrected chi connectivity index (χ4v) is 3.15. The Balaban J connectivity index is 1.89. The van der Waals surface area contributed by atoms with E-state index in [2.05, 4.69) is 31.4 Å². The van der Waals surface area contributed by atoms with E-state index in [4.69, 9.17) is 0 Å². The monoisotopic (exact) mass is 491 g/mol. The Morgan fingerprint density at radius 1 is 1.10 bits per heavy atom. The number of hydrogen-bond acceptors (Lipinski definition) is 3. The molecule has 2 aromatic heterocycles. The minimum atomic E-state index is -2.23. The molecule has 1 N–H and O–H groups in total. The molecule has 2 heterocycles. The summed E-state index contributed by atoms with van der Waals surface area (Å²) in [4.78, 5) is 12.5. The van der Waals surface area contributed by atoms with Crippen molar-refractivity contribution in [2.75, 3.05) is 5.32 Å². The SMILES string of the molecule is Cc1nn(Cc2c(F)c(F)c(F)c(F)c2F)c(C)c1NC(=O)C(C)n1cc(Br)cn1. The van der Waals surface area contributed by atoms with Crippen molar-refractivity contribution in [3.63, 3.8) is 0 Å². The van der Waals surface area contributed by atoms with Crippen LogP contribution in [-0.2, 0) is 11.3 Å². The number of hydrogen-bond donors (Lipinski definition) is 1. The van der Waals surface area contributed by atoms with Gasteiger partial charge >= 0.3 is 0 Å². The van der Waals surface area contributed by atoms with E-state index in [0.717, 1.165) is 4.68 Å². The van der Waals surface area contributed by atoms with Crippen LogP contribution in [0.25, 0.3) is 0 Å². The second-order valence-corrected chi connectivity index (χ2v) is 7.47. The fraction of sp³-hybridized carbons (Fsp3) is 0.278. The molecule has 0 aliphatic carbocycles. The van der Waals surface area contributed by atoms with Gasteiger partial charge in [0, 0.05) is 6.20 Å². The van der Waals surface area contributed by atoms with Gasteiger partial charge in [0.15, 0.2) is 23.3 Å². The molecule has 0 aliphatic heterocycles. The van der Waals surface area contributed by atoms with Gasteiger partial charge in [-0.05, 0) is 36.7 Å². The summed E-state index contributed by atoms with van der Waals surface area (Å²) in [5, 5.41) is 10.7. The van der Waals surface area contributed by atoms with Crippen LogP contribution in [0.1, 0.15) is 29.9 Å². The number of carbonyl (C=O) groups excluding carboxylic acids is 1. The minimum absolute atomic E-state index is 0.266. The van der Waals surface area contributed by atoms with Crippen molar-refractivity contribution in [3.8, 4) is 0 Å². The van der Waals surface area contributed by atoms with Crippen molar-refractivity contribution in [3.05, 3.63) is 62.9 Å². The summed E-state index contributed by atoms with van der Waals surface area (Å²) < 4.78 is 71.3. The van der Waals surface area contributed by atoms with Gasteiger partial charge in [-0.3, -0.25) is 14.2 Å². The number of carbonyl (C=O) groups is 1. The molecule has 12 heteroatoms. The van der Waals surface area contributed by atoms with Gasteiger partial charge in [0.1, 0.15) is 6.04 Å². The predicted molar refractivity (Wildman–Crippen MR) is 100 cm³/mol. The lowest BCUT2D eigenvalue weighted by molar-refractivity contribution is -0.119. The van der Waals surface area contributed by atoms with Gasteiger partial charge in [-0.1, -0.05) is 0 Å². The van der Waals surface area contributed by atoms with E-state index in [9.17, 15) is 26.7 Å². The van der Waals surface area contributed by atoms with Crippen molar-refractivity contribution in [2.45, 2.75) is 33.4 Å². The number of rotatable bonds is 5. The van der Waals surface area contributed by atoms with E-state index >= 15 is 0 Å². The van der Waals surface area contributed by atoms with Crippen molar-refractivity contribution in [1.82, 2.24) is 19.6 Å². The third-order valence-corrected chi connectivity index (χ3v) is 4.99. The van der Waals surface area contributed by atoms with E-state index in [0.29, 0.717) is 10.2 Å². The number of anilines is 1. The molecule has 1 amide bonds. The van der Waals surface area contributed by atoms with Crippen molar-refractivity contribution < 1.29 is 26.7 Å². The molecule has 0 fully saturated rings. The molecule has 0 bridgehead atoms. The Labute approximate surface area is 175 Å². The van der Waals surface area contributed by atoms with Gasteiger partial charge in [-0.15, -0.1) is 0 Å². The van der Waals surface area contributed by atoms with Crippen LogP contribution < -0.4 is 5.32 Å². The third kappa shape index (κ3) is 3.83. The zero-order chi connectivity index (χ0) is 22.3. The van der Waals surface area contributed by atoms with Gasteiger partial charge in [-0.2, -0.15) is 10.2 Å². The maximum Gasteiger partial charge on any atom is 0.249 e. The molecule has 0 saturated carbocycles. The van der Waals surface area contributed by atoms with E-state index in [1.54, 1.807) is 13.1 Å². The molecule has 0 radical (unpaired) electrons. The average molecular weight is 492 g/mol. The highest BCUT2D eigenvalue weighted by Gasteiger charge is 2.27. The average Bonchev–Trinajstić information content (AvgIpc) is 3.25. The zero-order valence-electron chi connectivity index (χ0n) is 15.9. The van der Waals surface area contributed by atoms with Crippen LogP contribution in [0.2, 0.25) is 0 Å². The summed E-state index contributed by atoms with van der Waals surface area (Å²) in [6, 6.07) is -0.686. The summed E-state index contributed by atoms with van der Waals surface area (Å²) in [7, 11) is 0. The smallest absolute Gasteiger partial charge is 0.249 e. The van der Waals surface area contributed by atoms with Gasteiger partial charge in [-0.25, -0.2) is 22.0 Å². The summed E-state index contributed by atoms with van der Waals surface area (Å²) in [5.74, 6) is -10.6. The van der Waals surface area contributed by atoms with Gasteiger partial charge in [0.25, 0.3) is 0 Å². The lowest BCUT2D eigenvalue weighted by atomic mass is 10.1. The Bertz CT molecular complexity index is 1110. The number of aryl methyl sites for hydroxylation is 1. The predicted octanol–water partition coefficient (Wildman–Crippen LogP) is 4.40. The van der Waals surface area contributed by atoms with Crippen molar-refractivity contribution in [2.24, 2.45) is 0 Å². The standard InChI is InChI=1S/C18H15BrF5N5O/c1-7-17(26-18(30)9(3)28-5-10(19)4-25-28)8(2)29(27-7)6-11-12(20)14(22)16(24)15(23)13(11)21/h4-5,9H,6H2,1-3H3,(H,26,30). The topological polar surface area (TPSA) is 64.7 Å². The first-order chi connectivity index (χ1) is 14.0. The first-order valence-electron chi connectivity index (χ1n) is 8.57. The van der Waals surface area contributed by atoms with E-state index in [-0.39, 0.29) is 11.4 Å². The van der Waals surface area contributed by atoms with Crippen LogP contribution in [0.4, 0.5) is 27.6 Å². The molecule has 160 valence electrons. The molecule has 1 aromatic carbocycles. The van der Waals surface area contributed by atoms with Crippen LogP contribution in [-0.4, -0.2) is 25.5 Å². The van der Waals surface area contributed by atoms with Gasteiger partial charge < -0.3 is 5.32 Å². The van der Waals surface area contributed by atoms with Crippen LogP contribution in [0.5, 0.6) is 0 Å². The molecule has 3 aromatic rings. The van der Waals surface area contributed by atoms with Gasteiger partial charge in [0.2, 0.25) is 11.7 Å². The Morgan fingerprint density at radius 2 is 1.67 bits per heavy atom. The third-order valence-electron chi connectivity index (χ3n) is 4.58. The zero-order valence-corrected chi connectivity index (χ0v) is 17.5. The van der Waals surface area contributed by atoms with E-state index in [1.807, 2.05) is 0 Å². The molecule has 6 nitrogen and oxygen atoms in total. The lowest BCUT2D eigenvalue weighted by Gasteiger charge is -2.13. The largest absolute Gasteiger partial charge is 0.321 e. The highest BCUT2D eigenvalue weighted by molar-refractivity contribution is 9.10. The quantitative estimate of drug-likeness (QED) is 0.326. The first-order valence-corrected chi connectivity index (χ1v) is 9.37. The summed E-state index contributed by atoms with van der Waals surface area (Å²) in [6.07, 6.45) is 3.12. The highest BCUT2D eigenvalue weighted by Crippen LogP contribution is 2.26. The molecule has 30 heavy (non-hydrogen) atoms. The number of aromatic nitrogens is 4. The Kier molecular flexibility index (Phi) is 5.97. The number of benzene rings is 1. The fourth-order valence-electron chi connectivity index (χ4n) is 2.85. The molecular formula is C18H15BrF5N5O. The van der Waals surface area contributed by atoms with Crippen molar-refractivity contribution >= 4 is 27.5 Å².